The molecule has 154 valence electrons. The van der Waals surface area contributed by atoms with E-state index >= 15 is 0 Å². The molecule has 4 rings (SSSR count). The van der Waals surface area contributed by atoms with Crippen LogP contribution in [-0.2, 0) is 0 Å². The molecule has 1 aromatic carbocycles. The SMILES string of the molecule is Cc1nc(C(=O)N(C)CCNC(=O)c2c(C)nc3sccn23)c(-c2ccccc2)s1. The topological polar surface area (TPSA) is 79.6 Å². The number of thiazole rings is 2. The van der Waals surface area contributed by atoms with Gasteiger partial charge in [-0.05, 0) is 19.4 Å². The van der Waals surface area contributed by atoms with Gasteiger partial charge in [0, 0.05) is 31.7 Å². The molecule has 0 bridgehead atoms. The van der Waals surface area contributed by atoms with Gasteiger partial charge < -0.3 is 10.2 Å². The van der Waals surface area contributed by atoms with Crippen molar-refractivity contribution in [3.8, 4) is 10.4 Å². The lowest BCUT2D eigenvalue weighted by Gasteiger charge is -2.17. The average molecular weight is 440 g/mol. The summed E-state index contributed by atoms with van der Waals surface area (Å²) < 4.78 is 1.79. The van der Waals surface area contributed by atoms with E-state index in [0.717, 1.165) is 20.4 Å². The smallest absolute Gasteiger partial charge is 0.273 e. The Labute approximate surface area is 182 Å². The minimum absolute atomic E-state index is 0.159. The molecule has 0 unspecified atom stereocenters. The van der Waals surface area contributed by atoms with Gasteiger partial charge in [-0.15, -0.1) is 22.7 Å². The number of aromatic nitrogens is 3. The lowest BCUT2D eigenvalue weighted by molar-refractivity contribution is 0.0782. The number of rotatable bonds is 6. The van der Waals surface area contributed by atoms with Crippen molar-refractivity contribution in [3.63, 3.8) is 0 Å². The molecule has 0 aliphatic carbocycles. The van der Waals surface area contributed by atoms with Gasteiger partial charge in [-0.3, -0.25) is 14.0 Å². The summed E-state index contributed by atoms with van der Waals surface area (Å²) in [5, 5.41) is 5.63. The van der Waals surface area contributed by atoms with E-state index in [4.69, 9.17) is 0 Å². The fourth-order valence-corrected chi connectivity index (χ4v) is 4.90. The number of hydrogen-bond donors (Lipinski definition) is 1. The molecule has 0 fully saturated rings. The highest BCUT2D eigenvalue weighted by molar-refractivity contribution is 7.15. The van der Waals surface area contributed by atoms with E-state index in [1.165, 1.54) is 22.7 Å². The van der Waals surface area contributed by atoms with E-state index < -0.39 is 0 Å². The molecule has 0 atom stereocenters. The Morgan fingerprint density at radius 1 is 1.17 bits per heavy atom. The van der Waals surface area contributed by atoms with Crippen molar-refractivity contribution in [3.05, 3.63) is 64.0 Å². The summed E-state index contributed by atoms with van der Waals surface area (Å²) in [5.74, 6) is -0.359. The molecule has 30 heavy (non-hydrogen) atoms. The Morgan fingerprint density at radius 3 is 2.70 bits per heavy atom. The second-order valence-corrected chi connectivity index (χ2v) is 8.94. The third-order valence-electron chi connectivity index (χ3n) is 4.70. The molecule has 9 heteroatoms. The third kappa shape index (κ3) is 3.86. The van der Waals surface area contributed by atoms with Crippen molar-refractivity contribution in [2.24, 2.45) is 0 Å². The van der Waals surface area contributed by atoms with Crippen LogP contribution in [-0.4, -0.2) is 51.2 Å². The van der Waals surface area contributed by atoms with Gasteiger partial charge in [-0.25, -0.2) is 9.97 Å². The Balaban J connectivity index is 1.42. The highest BCUT2D eigenvalue weighted by Gasteiger charge is 2.22. The predicted molar refractivity (Wildman–Crippen MR) is 119 cm³/mol. The second-order valence-electron chi connectivity index (χ2n) is 6.86. The minimum atomic E-state index is -0.200. The third-order valence-corrected chi connectivity index (χ3v) is 6.48. The average Bonchev–Trinajstić information content (AvgIpc) is 3.41. The van der Waals surface area contributed by atoms with Gasteiger partial charge in [0.2, 0.25) is 0 Å². The number of carbonyl (C=O) groups is 2. The van der Waals surface area contributed by atoms with Gasteiger partial charge >= 0.3 is 0 Å². The van der Waals surface area contributed by atoms with Crippen molar-refractivity contribution in [1.82, 2.24) is 24.6 Å². The van der Waals surface area contributed by atoms with Crippen molar-refractivity contribution in [2.75, 3.05) is 20.1 Å². The number of aryl methyl sites for hydroxylation is 2. The number of benzene rings is 1. The molecule has 0 aliphatic heterocycles. The van der Waals surface area contributed by atoms with Crippen molar-refractivity contribution < 1.29 is 9.59 Å². The van der Waals surface area contributed by atoms with E-state index in [1.54, 1.807) is 16.3 Å². The summed E-state index contributed by atoms with van der Waals surface area (Å²) in [7, 11) is 1.72. The van der Waals surface area contributed by atoms with Crippen molar-refractivity contribution >= 4 is 39.4 Å². The van der Waals surface area contributed by atoms with E-state index in [0.29, 0.717) is 30.2 Å². The van der Waals surface area contributed by atoms with Crippen LogP contribution in [0.2, 0.25) is 0 Å². The lowest BCUT2D eigenvalue weighted by atomic mass is 10.1. The monoisotopic (exact) mass is 439 g/mol. The summed E-state index contributed by atoms with van der Waals surface area (Å²) in [6.45, 7) is 4.43. The molecule has 4 aromatic rings. The van der Waals surface area contributed by atoms with Gasteiger partial charge in [-0.2, -0.15) is 0 Å². The molecular weight excluding hydrogens is 418 g/mol. The van der Waals surface area contributed by atoms with Crippen LogP contribution < -0.4 is 5.32 Å². The van der Waals surface area contributed by atoms with Crippen molar-refractivity contribution in [1.29, 1.82) is 0 Å². The van der Waals surface area contributed by atoms with Gasteiger partial charge in [0.05, 0.1) is 15.6 Å². The maximum absolute atomic E-state index is 13.0. The molecule has 3 heterocycles. The Kier molecular flexibility index (Phi) is 5.65. The van der Waals surface area contributed by atoms with E-state index in [-0.39, 0.29) is 11.8 Å². The van der Waals surface area contributed by atoms with Crippen LogP contribution in [0.3, 0.4) is 0 Å². The molecule has 0 saturated carbocycles. The quantitative estimate of drug-likeness (QED) is 0.497. The normalized spacial score (nSPS) is 11.0. The highest BCUT2D eigenvalue weighted by atomic mass is 32.1. The summed E-state index contributed by atoms with van der Waals surface area (Å²) in [6, 6.07) is 9.79. The van der Waals surface area contributed by atoms with E-state index in [1.807, 2.05) is 55.8 Å². The van der Waals surface area contributed by atoms with Gasteiger partial charge in [0.25, 0.3) is 11.8 Å². The molecule has 0 aliphatic rings. The number of carbonyl (C=O) groups excluding carboxylic acids is 2. The molecule has 0 spiro atoms. The fraction of sp³-hybridized carbons (Fsp3) is 0.238. The maximum Gasteiger partial charge on any atom is 0.273 e. The lowest BCUT2D eigenvalue weighted by Crippen LogP contribution is -2.37. The van der Waals surface area contributed by atoms with Crippen molar-refractivity contribution in [2.45, 2.75) is 13.8 Å². The van der Waals surface area contributed by atoms with Gasteiger partial charge in [0.15, 0.2) is 4.96 Å². The number of fused-ring (bicyclic) bond motifs is 1. The van der Waals surface area contributed by atoms with Crippen LogP contribution >= 0.6 is 22.7 Å². The molecular formula is C21H21N5O2S2. The zero-order valence-electron chi connectivity index (χ0n) is 16.9. The Morgan fingerprint density at radius 2 is 1.93 bits per heavy atom. The Bertz CT molecular complexity index is 1210. The predicted octanol–water partition coefficient (Wildman–Crippen LogP) is 3.64. The van der Waals surface area contributed by atoms with Crippen LogP contribution in [0.15, 0.2) is 41.9 Å². The molecule has 7 nitrogen and oxygen atoms in total. The number of nitrogens with zero attached hydrogens (tertiary/aromatic N) is 4. The summed E-state index contributed by atoms with van der Waals surface area (Å²) >= 11 is 2.99. The summed E-state index contributed by atoms with van der Waals surface area (Å²) in [6.07, 6.45) is 1.83. The largest absolute Gasteiger partial charge is 0.349 e. The van der Waals surface area contributed by atoms with Gasteiger partial charge in [0.1, 0.15) is 11.4 Å². The first kappa shape index (κ1) is 20.2. The van der Waals surface area contributed by atoms with Crippen LogP contribution in [0.5, 0.6) is 0 Å². The van der Waals surface area contributed by atoms with E-state index in [2.05, 4.69) is 15.3 Å². The first-order valence-electron chi connectivity index (χ1n) is 9.44. The Hall–Kier alpha value is -3.04. The zero-order valence-corrected chi connectivity index (χ0v) is 18.5. The first-order valence-corrected chi connectivity index (χ1v) is 11.1. The zero-order chi connectivity index (χ0) is 21.3. The van der Waals surface area contributed by atoms with E-state index in [9.17, 15) is 9.59 Å². The first-order chi connectivity index (χ1) is 14.5. The minimum Gasteiger partial charge on any atom is -0.349 e. The number of nitrogens with one attached hydrogen (secondary N) is 1. The fourth-order valence-electron chi connectivity index (χ4n) is 3.23. The second kappa shape index (κ2) is 8.37. The van der Waals surface area contributed by atoms with Gasteiger partial charge in [-0.1, -0.05) is 30.3 Å². The molecule has 0 radical (unpaired) electrons. The highest BCUT2D eigenvalue weighted by Crippen LogP contribution is 2.30. The summed E-state index contributed by atoms with van der Waals surface area (Å²) in [5.41, 5.74) is 2.64. The number of amides is 2. The number of hydrogen-bond acceptors (Lipinski definition) is 6. The number of likely N-dealkylation sites (N-methyl/N-ethyl adjacent to an activating group) is 1. The molecule has 1 N–H and O–H groups in total. The standard InChI is InChI=1S/C21H21N5O2S2/c1-13-17(26-11-12-29-21(26)23-13)19(27)22-9-10-25(3)20(28)16-18(30-14(2)24-16)15-7-5-4-6-8-15/h4-8,11-12H,9-10H2,1-3H3,(H,22,27). The molecule has 0 saturated heterocycles. The molecule has 2 amide bonds. The summed E-state index contributed by atoms with van der Waals surface area (Å²) in [4.78, 5) is 37.7. The molecule has 3 aromatic heterocycles. The van der Waals surface area contributed by atoms with Crippen LogP contribution in [0.1, 0.15) is 31.7 Å². The van der Waals surface area contributed by atoms with Crippen LogP contribution in [0, 0.1) is 13.8 Å². The maximum atomic E-state index is 13.0. The van der Waals surface area contributed by atoms with Crippen LogP contribution in [0.4, 0.5) is 0 Å². The van der Waals surface area contributed by atoms with Crippen LogP contribution in [0.25, 0.3) is 15.4 Å². The number of imidazole rings is 1.